The van der Waals surface area contributed by atoms with Crippen LogP contribution in [0.15, 0.2) is 0 Å². The SMILES string of the molecule is CCCCCC([O-])CCC.[K+]. The van der Waals surface area contributed by atoms with Gasteiger partial charge in [0.1, 0.15) is 0 Å². The van der Waals surface area contributed by atoms with E-state index in [-0.39, 0.29) is 57.5 Å². The standard InChI is InChI=1S/C9H19O.K/c1-3-5-6-8-9(10)7-4-2;/h9H,3-8H2,1-2H3;/q-1;+1. The summed E-state index contributed by atoms with van der Waals surface area (Å²) in [6.45, 7) is 4.24. The molecule has 2 heteroatoms. The summed E-state index contributed by atoms with van der Waals surface area (Å²) in [5.74, 6) is 0. The minimum absolute atomic E-state index is 0. The van der Waals surface area contributed by atoms with E-state index in [0.29, 0.717) is 0 Å². The number of unbranched alkanes of at least 4 members (excludes halogenated alkanes) is 2. The molecule has 0 rings (SSSR count). The van der Waals surface area contributed by atoms with Crippen LogP contribution in [0.25, 0.3) is 0 Å². The van der Waals surface area contributed by atoms with E-state index in [1.807, 2.05) is 0 Å². The van der Waals surface area contributed by atoms with Crippen molar-refractivity contribution >= 4 is 0 Å². The number of hydrogen-bond acceptors (Lipinski definition) is 1. The van der Waals surface area contributed by atoms with Crippen molar-refractivity contribution in [3.63, 3.8) is 0 Å². The predicted octanol–water partition coefficient (Wildman–Crippen LogP) is -0.900. The summed E-state index contributed by atoms with van der Waals surface area (Å²) < 4.78 is 0. The van der Waals surface area contributed by atoms with Gasteiger partial charge in [-0.05, 0) is 0 Å². The zero-order valence-corrected chi connectivity index (χ0v) is 11.4. The van der Waals surface area contributed by atoms with Crippen LogP contribution in [0, 0.1) is 0 Å². The van der Waals surface area contributed by atoms with E-state index in [9.17, 15) is 5.11 Å². The van der Waals surface area contributed by atoms with Crippen LogP contribution >= 0.6 is 0 Å². The maximum absolute atomic E-state index is 11.0. The Bertz CT molecular complexity index is 66.6. The Morgan fingerprint density at radius 2 is 1.64 bits per heavy atom. The second kappa shape index (κ2) is 11.6. The second-order valence-corrected chi connectivity index (χ2v) is 2.91. The molecule has 0 aromatic carbocycles. The van der Waals surface area contributed by atoms with Gasteiger partial charge in [0, 0.05) is 0 Å². The van der Waals surface area contributed by atoms with Gasteiger partial charge in [-0.15, -0.1) is 6.10 Å². The quantitative estimate of drug-likeness (QED) is 0.386. The molecule has 0 aromatic heterocycles. The molecule has 0 aliphatic carbocycles. The minimum atomic E-state index is -0.281. The van der Waals surface area contributed by atoms with Gasteiger partial charge in [0.2, 0.25) is 0 Å². The Balaban J connectivity index is 0. The molecular weight excluding hydrogens is 163 g/mol. The zero-order valence-electron chi connectivity index (χ0n) is 8.23. The third-order valence-electron chi connectivity index (χ3n) is 1.74. The Hall–Kier alpha value is 1.60. The topological polar surface area (TPSA) is 23.1 Å². The molecular formula is C9H19KO. The molecule has 0 amide bonds. The fourth-order valence-corrected chi connectivity index (χ4v) is 1.09. The fraction of sp³-hybridized carbons (Fsp3) is 1.00. The zero-order chi connectivity index (χ0) is 7.82. The Kier molecular flexibility index (Phi) is 15.9. The molecule has 11 heavy (non-hydrogen) atoms. The molecule has 0 N–H and O–H groups in total. The van der Waals surface area contributed by atoms with Crippen LogP contribution in [0.5, 0.6) is 0 Å². The fourth-order valence-electron chi connectivity index (χ4n) is 1.09. The molecule has 0 saturated carbocycles. The Morgan fingerprint density at radius 3 is 2.09 bits per heavy atom. The third kappa shape index (κ3) is 11.6. The molecule has 0 aliphatic heterocycles. The first-order valence-corrected chi connectivity index (χ1v) is 4.47. The van der Waals surface area contributed by atoms with Gasteiger partial charge in [0.05, 0.1) is 0 Å². The molecule has 1 atom stereocenters. The van der Waals surface area contributed by atoms with Gasteiger partial charge in [0.25, 0.3) is 0 Å². The van der Waals surface area contributed by atoms with Crippen LogP contribution < -0.4 is 56.5 Å². The van der Waals surface area contributed by atoms with E-state index >= 15 is 0 Å². The van der Waals surface area contributed by atoms with E-state index in [1.54, 1.807) is 0 Å². The summed E-state index contributed by atoms with van der Waals surface area (Å²) >= 11 is 0. The molecule has 0 bridgehead atoms. The van der Waals surface area contributed by atoms with Gasteiger partial charge in [0.15, 0.2) is 0 Å². The van der Waals surface area contributed by atoms with Crippen LogP contribution in [0.2, 0.25) is 0 Å². The Labute approximate surface area is 113 Å². The van der Waals surface area contributed by atoms with Gasteiger partial charge in [-0.1, -0.05) is 52.4 Å². The first-order valence-electron chi connectivity index (χ1n) is 4.47. The van der Waals surface area contributed by atoms with Gasteiger partial charge >= 0.3 is 51.4 Å². The summed E-state index contributed by atoms with van der Waals surface area (Å²) in [4.78, 5) is 0. The molecule has 1 unspecified atom stereocenters. The summed E-state index contributed by atoms with van der Waals surface area (Å²) in [5.41, 5.74) is 0. The van der Waals surface area contributed by atoms with E-state index in [4.69, 9.17) is 0 Å². The third-order valence-corrected chi connectivity index (χ3v) is 1.74. The van der Waals surface area contributed by atoms with E-state index in [1.165, 1.54) is 12.8 Å². The van der Waals surface area contributed by atoms with Gasteiger partial charge < -0.3 is 5.11 Å². The van der Waals surface area contributed by atoms with Crippen LogP contribution in [-0.4, -0.2) is 6.10 Å². The van der Waals surface area contributed by atoms with E-state index < -0.39 is 0 Å². The molecule has 0 aromatic rings. The molecule has 0 radical (unpaired) electrons. The summed E-state index contributed by atoms with van der Waals surface area (Å²) in [6.07, 6.45) is 6.09. The van der Waals surface area contributed by atoms with Gasteiger partial charge in [-0.25, -0.2) is 0 Å². The van der Waals surface area contributed by atoms with Gasteiger partial charge in [-0.2, -0.15) is 0 Å². The molecule has 1 nitrogen and oxygen atoms in total. The first-order chi connectivity index (χ1) is 4.81. The van der Waals surface area contributed by atoms with Crippen LogP contribution in [0.4, 0.5) is 0 Å². The van der Waals surface area contributed by atoms with Crippen molar-refractivity contribution in [2.24, 2.45) is 0 Å². The van der Waals surface area contributed by atoms with E-state index in [2.05, 4.69) is 13.8 Å². The van der Waals surface area contributed by atoms with Crippen LogP contribution in [-0.2, 0) is 0 Å². The monoisotopic (exact) mass is 182 g/mol. The number of rotatable bonds is 6. The average molecular weight is 182 g/mol. The molecule has 0 heterocycles. The normalized spacial score (nSPS) is 12.3. The molecule has 0 fully saturated rings. The summed E-state index contributed by atoms with van der Waals surface area (Å²) in [7, 11) is 0. The second-order valence-electron chi connectivity index (χ2n) is 2.91. The Morgan fingerprint density at radius 1 is 1.00 bits per heavy atom. The van der Waals surface area contributed by atoms with Crippen molar-refractivity contribution in [2.45, 2.75) is 58.5 Å². The smallest absolute Gasteiger partial charge is 0.852 e. The minimum Gasteiger partial charge on any atom is -0.852 e. The van der Waals surface area contributed by atoms with Crippen molar-refractivity contribution < 1.29 is 56.5 Å². The largest absolute Gasteiger partial charge is 1.00 e. The van der Waals surface area contributed by atoms with Crippen LogP contribution in [0.1, 0.15) is 52.4 Å². The van der Waals surface area contributed by atoms with Crippen molar-refractivity contribution in [3.05, 3.63) is 0 Å². The molecule has 62 valence electrons. The summed E-state index contributed by atoms with van der Waals surface area (Å²) in [5, 5.41) is 11.0. The van der Waals surface area contributed by atoms with E-state index in [0.717, 1.165) is 25.7 Å². The maximum atomic E-state index is 11.0. The number of hydrogen-bond donors (Lipinski definition) is 0. The van der Waals surface area contributed by atoms with Crippen molar-refractivity contribution in [1.29, 1.82) is 0 Å². The summed E-state index contributed by atoms with van der Waals surface area (Å²) in [6, 6.07) is 0. The van der Waals surface area contributed by atoms with Crippen molar-refractivity contribution in [3.8, 4) is 0 Å². The van der Waals surface area contributed by atoms with Crippen LogP contribution in [0.3, 0.4) is 0 Å². The van der Waals surface area contributed by atoms with Crippen molar-refractivity contribution in [2.75, 3.05) is 0 Å². The van der Waals surface area contributed by atoms with Gasteiger partial charge in [-0.3, -0.25) is 0 Å². The van der Waals surface area contributed by atoms with Crippen molar-refractivity contribution in [1.82, 2.24) is 0 Å². The predicted molar refractivity (Wildman–Crippen MR) is 42.8 cm³/mol. The average Bonchev–Trinajstić information content (AvgIpc) is 1.89. The molecule has 0 spiro atoms. The maximum Gasteiger partial charge on any atom is 1.00 e. The molecule has 0 saturated heterocycles. The molecule has 0 aliphatic rings. The first kappa shape index (κ1) is 15.1.